The fourth-order valence-electron chi connectivity index (χ4n) is 5.74. The number of carboxylic acid groups (broad SMARTS) is 1. The van der Waals surface area contributed by atoms with Gasteiger partial charge in [0.15, 0.2) is 0 Å². The third kappa shape index (κ3) is 4.77. The monoisotopic (exact) mass is 476 g/mol. The zero-order valence-corrected chi connectivity index (χ0v) is 19.8. The second-order valence-electron chi connectivity index (χ2n) is 10.2. The predicted molar refractivity (Wildman–Crippen MR) is 131 cm³/mol. The number of carbonyl (C=O) groups excluding carboxylic acids is 2. The fourth-order valence-corrected chi connectivity index (χ4v) is 5.74. The molecule has 184 valence electrons. The smallest absolute Gasteiger partial charge is 0.407 e. The van der Waals surface area contributed by atoms with Crippen molar-refractivity contribution in [2.75, 3.05) is 19.7 Å². The van der Waals surface area contributed by atoms with E-state index in [0.29, 0.717) is 25.8 Å². The van der Waals surface area contributed by atoms with E-state index in [2.05, 4.69) is 34.9 Å². The predicted octanol–water partition coefficient (Wildman–Crippen LogP) is 4.31. The third-order valence-electron chi connectivity index (χ3n) is 7.98. The molecule has 2 aromatic rings. The first-order valence-electron chi connectivity index (χ1n) is 12.6. The van der Waals surface area contributed by atoms with Crippen LogP contribution in [0.4, 0.5) is 4.79 Å². The molecule has 2 amide bonds. The lowest BCUT2D eigenvalue weighted by molar-refractivity contribution is -0.151. The number of carbonyl (C=O) groups is 3. The molecule has 0 unspecified atom stereocenters. The quantitative estimate of drug-likeness (QED) is 0.527. The van der Waals surface area contributed by atoms with Crippen molar-refractivity contribution < 1.29 is 24.2 Å². The van der Waals surface area contributed by atoms with E-state index in [9.17, 15) is 19.5 Å². The van der Waals surface area contributed by atoms with Crippen LogP contribution in [0.3, 0.4) is 0 Å². The molecule has 2 atom stereocenters. The maximum Gasteiger partial charge on any atom is 0.407 e. The summed E-state index contributed by atoms with van der Waals surface area (Å²) < 4.78 is 5.56. The molecule has 3 aliphatic carbocycles. The first-order chi connectivity index (χ1) is 17.0. The van der Waals surface area contributed by atoms with Crippen LogP contribution in [0.2, 0.25) is 0 Å². The van der Waals surface area contributed by atoms with Crippen LogP contribution in [0, 0.1) is 17.3 Å². The number of carboxylic acids is 1. The summed E-state index contributed by atoms with van der Waals surface area (Å²) in [7, 11) is 0. The normalized spacial score (nSPS) is 21.9. The van der Waals surface area contributed by atoms with Crippen LogP contribution in [-0.4, -0.2) is 42.8 Å². The number of nitrogens with one attached hydrogen (secondary N) is 2. The molecule has 0 aromatic heterocycles. The van der Waals surface area contributed by atoms with Crippen LogP contribution in [0.25, 0.3) is 11.1 Å². The maximum atomic E-state index is 12.6. The van der Waals surface area contributed by atoms with Gasteiger partial charge in [0.2, 0.25) is 5.91 Å². The molecule has 0 bridgehead atoms. The Kier molecular flexibility index (Phi) is 6.50. The van der Waals surface area contributed by atoms with Crippen LogP contribution in [0.15, 0.2) is 48.5 Å². The Labute approximate surface area is 205 Å². The van der Waals surface area contributed by atoms with Gasteiger partial charge in [-0.3, -0.25) is 9.59 Å². The molecule has 0 spiro atoms. The Hall–Kier alpha value is -3.35. The van der Waals surface area contributed by atoms with E-state index in [0.717, 1.165) is 30.4 Å². The summed E-state index contributed by atoms with van der Waals surface area (Å²) in [5, 5.41) is 15.3. The number of aliphatic carboxylic acids is 1. The highest BCUT2D eigenvalue weighted by Crippen LogP contribution is 2.44. The van der Waals surface area contributed by atoms with Crippen molar-refractivity contribution in [3.05, 3.63) is 59.7 Å². The minimum absolute atomic E-state index is 0.00828. The molecular weight excluding hydrogens is 444 g/mol. The molecule has 0 heterocycles. The van der Waals surface area contributed by atoms with Crippen LogP contribution in [-0.2, 0) is 14.3 Å². The first-order valence-corrected chi connectivity index (χ1v) is 12.6. The van der Waals surface area contributed by atoms with Crippen molar-refractivity contribution in [1.82, 2.24) is 10.6 Å². The summed E-state index contributed by atoms with van der Waals surface area (Å²) in [5.41, 5.74) is 3.86. The summed E-state index contributed by atoms with van der Waals surface area (Å²) in [4.78, 5) is 36.7. The van der Waals surface area contributed by atoms with Crippen LogP contribution >= 0.6 is 0 Å². The molecule has 2 fully saturated rings. The number of alkyl carbamates (subject to hydrolysis) is 1. The minimum atomic E-state index is -0.835. The number of benzene rings is 2. The minimum Gasteiger partial charge on any atom is -0.481 e. The number of ether oxygens (including phenoxy) is 1. The molecule has 2 saturated carbocycles. The van der Waals surface area contributed by atoms with Crippen molar-refractivity contribution in [2.45, 2.75) is 44.4 Å². The Balaban J connectivity index is 1.07. The zero-order valence-electron chi connectivity index (χ0n) is 19.8. The molecule has 3 N–H and O–H groups in total. The van der Waals surface area contributed by atoms with Crippen LogP contribution in [0.1, 0.15) is 55.6 Å². The van der Waals surface area contributed by atoms with Crippen molar-refractivity contribution in [1.29, 1.82) is 0 Å². The highest BCUT2D eigenvalue weighted by Gasteiger charge is 2.45. The van der Waals surface area contributed by atoms with E-state index >= 15 is 0 Å². The Morgan fingerprint density at radius 2 is 1.54 bits per heavy atom. The van der Waals surface area contributed by atoms with Gasteiger partial charge in [-0.05, 0) is 47.4 Å². The van der Waals surface area contributed by atoms with Gasteiger partial charge in [0.25, 0.3) is 0 Å². The summed E-state index contributed by atoms with van der Waals surface area (Å²) in [5.74, 6) is -1.05. The van der Waals surface area contributed by atoms with Crippen molar-refractivity contribution in [3.63, 3.8) is 0 Å². The molecule has 3 aliphatic rings. The average molecular weight is 477 g/mol. The van der Waals surface area contributed by atoms with E-state index in [4.69, 9.17) is 4.74 Å². The summed E-state index contributed by atoms with van der Waals surface area (Å²) in [6.45, 7) is 0.814. The number of amides is 2. The van der Waals surface area contributed by atoms with Crippen LogP contribution < -0.4 is 10.6 Å². The van der Waals surface area contributed by atoms with Crippen molar-refractivity contribution in [3.8, 4) is 11.1 Å². The van der Waals surface area contributed by atoms with Gasteiger partial charge >= 0.3 is 12.1 Å². The van der Waals surface area contributed by atoms with Gasteiger partial charge in [0.05, 0.1) is 5.41 Å². The summed E-state index contributed by atoms with van der Waals surface area (Å²) in [6.07, 6.45) is 4.26. The second-order valence-corrected chi connectivity index (χ2v) is 10.2. The third-order valence-corrected chi connectivity index (χ3v) is 7.98. The van der Waals surface area contributed by atoms with Crippen molar-refractivity contribution >= 4 is 18.0 Å². The highest BCUT2D eigenvalue weighted by atomic mass is 16.5. The van der Waals surface area contributed by atoms with E-state index in [1.165, 1.54) is 11.1 Å². The highest BCUT2D eigenvalue weighted by molar-refractivity contribution is 5.83. The average Bonchev–Trinajstić information content (AvgIpc) is 3.60. The molecule has 35 heavy (non-hydrogen) atoms. The largest absolute Gasteiger partial charge is 0.481 e. The van der Waals surface area contributed by atoms with Gasteiger partial charge in [0.1, 0.15) is 6.61 Å². The summed E-state index contributed by atoms with van der Waals surface area (Å²) >= 11 is 0. The molecule has 0 saturated heterocycles. The van der Waals surface area contributed by atoms with Gasteiger partial charge < -0.3 is 20.5 Å². The second kappa shape index (κ2) is 9.72. The Bertz CT molecular complexity index is 1080. The zero-order chi connectivity index (χ0) is 24.4. The molecule has 0 radical (unpaired) electrons. The lowest BCUT2D eigenvalue weighted by atomic mass is 9.74. The van der Waals surface area contributed by atoms with Crippen LogP contribution in [0.5, 0.6) is 0 Å². The lowest BCUT2D eigenvalue weighted by Gasteiger charge is -2.33. The number of hydrogen-bond acceptors (Lipinski definition) is 4. The van der Waals surface area contributed by atoms with E-state index in [1.807, 2.05) is 24.3 Å². The molecule has 5 rings (SSSR count). The van der Waals surface area contributed by atoms with Gasteiger partial charge in [-0.2, -0.15) is 0 Å². The van der Waals surface area contributed by atoms with Gasteiger partial charge in [-0.1, -0.05) is 67.8 Å². The Morgan fingerprint density at radius 3 is 2.17 bits per heavy atom. The first kappa shape index (κ1) is 23.4. The maximum absolute atomic E-state index is 12.6. The van der Waals surface area contributed by atoms with E-state index in [1.54, 1.807) is 0 Å². The lowest BCUT2D eigenvalue weighted by Crippen LogP contribution is -2.45. The van der Waals surface area contributed by atoms with Gasteiger partial charge in [-0.15, -0.1) is 0 Å². The van der Waals surface area contributed by atoms with Gasteiger partial charge in [-0.25, -0.2) is 4.79 Å². The molecule has 2 aromatic carbocycles. The van der Waals surface area contributed by atoms with E-state index in [-0.39, 0.29) is 36.8 Å². The number of fused-ring (bicyclic) bond motifs is 3. The van der Waals surface area contributed by atoms with Crippen molar-refractivity contribution in [2.24, 2.45) is 17.3 Å². The fraction of sp³-hybridized carbons (Fsp3) is 0.464. The standard InChI is InChI=1S/C28H32N2O5/c31-25(30-17-28(26(32)33)12-6-1-7-13-28)23-14-18(23)15-29-27(34)35-16-24-21-10-4-2-8-19(21)20-9-3-5-11-22(20)24/h2-5,8-11,18,23-24H,1,6-7,12-17H2,(H,29,34)(H,30,31)(H,32,33)/t18-,23-/m1/s1. The SMILES string of the molecule is O=C(NC[C@H]1C[C@H]1C(=O)NCC1(C(=O)O)CCCCC1)OCC1c2ccccc2-c2ccccc21. The molecule has 0 aliphatic heterocycles. The number of rotatable bonds is 8. The Morgan fingerprint density at radius 1 is 0.914 bits per heavy atom. The molecule has 7 heteroatoms. The topological polar surface area (TPSA) is 105 Å². The molecule has 7 nitrogen and oxygen atoms in total. The molecular formula is C28H32N2O5. The number of hydrogen-bond donors (Lipinski definition) is 3. The van der Waals surface area contributed by atoms with E-state index < -0.39 is 17.5 Å². The van der Waals surface area contributed by atoms with Gasteiger partial charge in [0, 0.05) is 24.9 Å². The summed E-state index contributed by atoms with van der Waals surface area (Å²) in [6, 6.07) is 16.4.